The van der Waals surface area contributed by atoms with Crippen LogP contribution < -0.4 is 10.4 Å². The fourth-order valence-electron chi connectivity index (χ4n) is 7.48. The van der Waals surface area contributed by atoms with E-state index in [9.17, 15) is 0 Å². The zero-order valence-electron chi connectivity index (χ0n) is 35.9. The van der Waals surface area contributed by atoms with Crippen molar-refractivity contribution in [1.29, 1.82) is 0 Å². The Hall–Kier alpha value is -2.81. The van der Waals surface area contributed by atoms with Gasteiger partial charge in [-0.2, -0.15) is 12.1 Å². The van der Waals surface area contributed by atoms with Gasteiger partial charge in [-0.1, -0.05) is 162 Å². The molecule has 0 amide bonds. The summed E-state index contributed by atoms with van der Waals surface area (Å²) in [5.41, 5.74) is 11.3. The van der Waals surface area contributed by atoms with Gasteiger partial charge in [0, 0.05) is 0 Å². The average Bonchev–Trinajstić information content (AvgIpc) is 3.68. The zero-order chi connectivity index (χ0) is 36.6. The summed E-state index contributed by atoms with van der Waals surface area (Å²) in [6.07, 6.45) is 0. The SMILES string of the molecule is CC[Si](C)(c1cc2c(-c3cc(C(C)(C)C)cc(C(C)(C)C)c3)cccc2[cH-]1)c1cc2c(-c3cc(C(C)(C)C)cc(C(C)(C)C)c3)cccc2[cH-]1.[CH3-].[CH3-].[Hf+4]. The molecule has 2 heteroatoms. The van der Waals surface area contributed by atoms with Gasteiger partial charge in [0.1, 0.15) is 0 Å². The van der Waals surface area contributed by atoms with Crippen LogP contribution in [0.15, 0.2) is 97.1 Å². The van der Waals surface area contributed by atoms with Gasteiger partial charge in [0.2, 0.25) is 0 Å². The van der Waals surface area contributed by atoms with Crippen LogP contribution in [0.5, 0.6) is 0 Å². The number of hydrogen-bond acceptors (Lipinski definition) is 0. The summed E-state index contributed by atoms with van der Waals surface area (Å²) < 4.78 is 0. The van der Waals surface area contributed by atoms with Crippen LogP contribution in [-0.2, 0) is 47.5 Å². The minimum atomic E-state index is -2.05. The predicted molar refractivity (Wildman–Crippen MR) is 239 cm³/mol. The van der Waals surface area contributed by atoms with Gasteiger partial charge >= 0.3 is 25.8 Å². The third-order valence-corrected chi connectivity index (χ3v) is 16.0. The largest absolute Gasteiger partial charge is 4.00 e. The van der Waals surface area contributed by atoms with Crippen LogP contribution >= 0.6 is 0 Å². The Morgan fingerprint density at radius 2 is 0.774 bits per heavy atom. The minimum absolute atomic E-state index is 0. The van der Waals surface area contributed by atoms with Crippen molar-refractivity contribution in [3.63, 3.8) is 0 Å². The van der Waals surface area contributed by atoms with Gasteiger partial charge in [0.15, 0.2) is 0 Å². The third-order valence-electron chi connectivity index (χ3n) is 11.4. The summed E-state index contributed by atoms with van der Waals surface area (Å²) in [5.74, 6) is 0. The van der Waals surface area contributed by atoms with Gasteiger partial charge in [-0.05, 0) is 55.0 Å². The summed E-state index contributed by atoms with van der Waals surface area (Å²) in [4.78, 5) is 0. The van der Waals surface area contributed by atoms with E-state index in [4.69, 9.17) is 0 Å². The Balaban J connectivity index is 0.00000252. The van der Waals surface area contributed by atoms with Crippen molar-refractivity contribution in [3.05, 3.63) is 134 Å². The topological polar surface area (TPSA) is 0 Å². The molecule has 0 bridgehead atoms. The Bertz CT molecular complexity index is 1970. The van der Waals surface area contributed by atoms with Crippen LogP contribution in [-0.4, -0.2) is 8.07 Å². The average molecular weight is 886 g/mol. The van der Waals surface area contributed by atoms with Gasteiger partial charge < -0.3 is 14.9 Å². The van der Waals surface area contributed by atoms with Crippen LogP contribution in [0.1, 0.15) is 112 Å². The molecule has 0 saturated heterocycles. The maximum atomic E-state index is 2.59. The molecule has 0 radical (unpaired) electrons. The monoisotopic (exact) mass is 886 g/mol. The maximum absolute atomic E-state index is 2.59. The Kier molecular flexibility index (Phi) is 12.9. The molecule has 0 unspecified atom stereocenters. The van der Waals surface area contributed by atoms with Crippen molar-refractivity contribution in [3.8, 4) is 22.3 Å². The molecule has 0 aliphatic rings. The number of rotatable bonds is 5. The van der Waals surface area contributed by atoms with Gasteiger partial charge in [0.25, 0.3) is 0 Å². The van der Waals surface area contributed by atoms with E-state index in [1.165, 1.54) is 76.4 Å². The van der Waals surface area contributed by atoms with Crippen molar-refractivity contribution in [2.75, 3.05) is 0 Å². The van der Waals surface area contributed by atoms with E-state index in [1.54, 1.807) is 0 Å². The van der Waals surface area contributed by atoms with E-state index in [2.05, 4.69) is 194 Å². The smallest absolute Gasteiger partial charge is 0.358 e. The number of fused-ring (bicyclic) bond motifs is 2. The van der Waals surface area contributed by atoms with Gasteiger partial charge in [0.05, 0.1) is 8.07 Å². The molecule has 6 aromatic rings. The van der Waals surface area contributed by atoms with Gasteiger partial charge in [-0.15, -0.1) is 68.3 Å². The van der Waals surface area contributed by atoms with Crippen molar-refractivity contribution in [1.82, 2.24) is 0 Å². The summed E-state index contributed by atoms with van der Waals surface area (Å²) in [5, 5.41) is 8.54. The second-order valence-corrected chi connectivity index (χ2v) is 23.9. The minimum Gasteiger partial charge on any atom is -0.358 e. The first kappa shape index (κ1) is 44.6. The zero-order valence-corrected chi connectivity index (χ0v) is 40.5. The fourth-order valence-corrected chi connectivity index (χ4v) is 10.5. The first-order valence-corrected chi connectivity index (χ1v) is 21.5. The predicted octanol–water partition coefficient (Wildman–Crippen LogP) is 14.1. The molecule has 0 N–H and O–H groups in total. The molecule has 0 fully saturated rings. The molecule has 6 rings (SSSR count). The fraction of sp³-hybridized carbons (Fsp3) is 0.373. The molecule has 0 aliphatic carbocycles. The molecule has 0 spiro atoms. The van der Waals surface area contributed by atoms with E-state index in [-0.39, 0.29) is 62.4 Å². The Morgan fingerprint density at radius 3 is 1.04 bits per heavy atom. The molecular formula is C51H66HfSi. The summed E-state index contributed by atoms with van der Waals surface area (Å²) in [6, 6.07) is 39.8. The van der Waals surface area contributed by atoms with Crippen LogP contribution in [0.25, 0.3) is 43.8 Å². The first-order chi connectivity index (χ1) is 23.1. The van der Waals surface area contributed by atoms with Gasteiger partial charge in [-0.3, -0.25) is 0 Å². The molecule has 0 heterocycles. The van der Waals surface area contributed by atoms with Crippen molar-refractivity contribution < 1.29 is 25.8 Å². The van der Waals surface area contributed by atoms with Crippen molar-refractivity contribution in [2.45, 2.75) is 124 Å². The molecule has 0 atom stereocenters. The summed E-state index contributed by atoms with van der Waals surface area (Å²) >= 11 is 0. The van der Waals surface area contributed by atoms with E-state index in [0.29, 0.717) is 0 Å². The van der Waals surface area contributed by atoms with Crippen LogP contribution in [0.4, 0.5) is 0 Å². The number of benzene rings is 4. The van der Waals surface area contributed by atoms with Crippen LogP contribution in [0.2, 0.25) is 12.6 Å². The molecule has 278 valence electrons. The van der Waals surface area contributed by atoms with Crippen molar-refractivity contribution in [2.24, 2.45) is 0 Å². The quantitative estimate of drug-likeness (QED) is 0.120. The molecular weight excluding hydrogens is 819 g/mol. The van der Waals surface area contributed by atoms with E-state index >= 15 is 0 Å². The van der Waals surface area contributed by atoms with Gasteiger partial charge in [-0.25, -0.2) is 0 Å². The Morgan fingerprint density at radius 1 is 0.472 bits per heavy atom. The molecule has 0 aliphatic heterocycles. The summed E-state index contributed by atoms with van der Waals surface area (Å²) in [6.45, 7) is 33.0. The third kappa shape index (κ3) is 8.70. The van der Waals surface area contributed by atoms with E-state index < -0.39 is 8.07 Å². The van der Waals surface area contributed by atoms with Crippen molar-refractivity contribution >= 4 is 40.0 Å². The standard InChI is InChI=1S/C49H60Si.2CH3.Hf/c1-15-50(14,40-26-32-18-16-20-42(44(32)30-40)34-22-36(46(2,3)4)28-37(23-34)47(5,6)7)41-27-33-19-17-21-43(45(33)31-41)35-24-38(48(8,9)10)29-39(25-35)49(11,12)13;;;/h16-31H,15H2,1-14H3;2*1H3;/q-2;2*-1;+4. The van der Waals surface area contributed by atoms with E-state index in [1.807, 2.05) is 0 Å². The molecule has 0 saturated carbocycles. The molecule has 0 nitrogen and oxygen atoms in total. The second-order valence-electron chi connectivity index (χ2n) is 19.4. The Labute approximate surface area is 344 Å². The second kappa shape index (κ2) is 15.4. The number of hydrogen-bond donors (Lipinski definition) is 0. The summed E-state index contributed by atoms with van der Waals surface area (Å²) in [7, 11) is -2.05. The van der Waals surface area contributed by atoms with E-state index in [0.717, 1.165) is 6.04 Å². The molecule has 53 heavy (non-hydrogen) atoms. The molecule has 0 aromatic heterocycles. The normalized spacial score (nSPS) is 12.7. The maximum Gasteiger partial charge on any atom is 4.00 e. The van der Waals surface area contributed by atoms with Crippen LogP contribution in [0.3, 0.4) is 0 Å². The first-order valence-electron chi connectivity index (χ1n) is 18.8. The molecule has 6 aromatic carbocycles. The van der Waals surface area contributed by atoms with Crippen LogP contribution in [0, 0.1) is 14.9 Å².